The van der Waals surface area contributed by atoms with Gasteiger partial charge >= 0.3 is 0 Å². The van der Waals surface area contributed by atoms with Crippen molar-refractivity contribution in [2.75, 3.05) is 5.75 Å². The van der Waals surface area contributed by atoms with Crippen LogP contribution in [0.4, 0.5) is 0 Å². The summed E-state index contributed by atoms with van der Waals surface area (Å²) in [5.41, 5.74) is 4.07. The molecule has 0 aliphatic carbocycles. The molecule has 4 aromatic rings. The van der Waals surface area contributed by atoms with Crippen molar-refractivity contribution in [3.8, 4) is 5.69 Å². The number of aromatic nitrogens is 3. The summed E-state index contributed by atoms with van der Waals surface area (Å²) in [4.78, 5) is 12.6. The Bertz CT molecular complexity index is 1160. The lowest BCUT2D eigenvalue weighted by Gasteiger charge is -2.11. The van der Waals surface area contributed by atoms with Crippen molar-refractivity contribution in [2.45, 2.75) is 24.9 Å². The Morgan fingerprint density at radius 3 is 2.29 bits per heavy atom. The molecule has 0 aliphatic rings. The molecule has 1 heterocycles. The molecule has 1 aromatic heterocycles. The molecular formula is C25H22ClN3OS. The molecule has 0 unspecified atom stereocenters. The summed E-state index contributed by atoms with van der Waals surface area (Å²) in [5, 5.41) is 10.2. The standard InChI is InChI=1S/C25H22ClN3OS/c1-2-18-8-14-22(15-9-18)29-24(16-19-6-4-3-5-7-19)27-28-25(29)31-17-23(30)20-10-12-21(26)13-11-20/h3-15H,2,16-17H2,1H3. The van der Waals surface area contributed by atoms with E-state index in [9.17, 15) is 4.79 Å². The van der Waals surface area contributed by atoms with E-state index in [1.165, 1.54) is 17.3 Å². The highest BCUT2D eigenvalue weighted by Gasteiger charge is 2.17. The number of halogens is 1. The highest BCUT2D eigenvalue weighted by Crippen LogP contribution is 2.25. The van der Waals surface area contributed by atoms with E-state index in [1.807, 2.05) is 22.8 Å². The first-order valence-corrected chi connectivity index (χ1v) is 11.5. The zero-order valence-electron chi connectivity index (χ0n) is 17.2. The topological polar surface area (TPSA) is 47.8 Å². The predicted octanol–water partition coefficient (Wildman–Crippen LogP) is 6.05. The SMILES string of the molecule is CCc1ccc(-n2c(Cc3ccccc3)nnc2SCC(=O)c2ccc(Cl)cc2)cc1. The van der Waals surface area contributed by atoms with Gasteiger partial charge in [0.25, 0.3) is 0 Å². The molecule has 0 bridgehead atoms. The number of rotatable bonds is 8. The van der Waals surface area contributed by atoms with Crippen LogP contribution in [-0.4, -0.2) is 26.3 Å². The molecule has 0 aliphatic heterocycles. The van der Waals surface area contributed by atoms with E-state index in [-0.39, 0.29) is 11.5 Å². The van der Waals surface area contributed by atoms with Crippen LogP contribution >= 0.6 is 23.4 Å². The van der Waals surface area contributed by atoms with Crippen LogP contribution < -0.4 is 0 Å². The lowest BCUT2D eigenvalue weighted by atomic mass is 10.1. The van der Waals surface area contributed by atoms with Crippen LogP contribution in [0, 0.1) is 0 Å². The lowest BCUT2D eigenvalue weighted by molar-refractivity contribution is 0.102. The number of nitrogens with zero attached hydrogens (tertiary/aromatic N) is 3. The van der Waals surface area contributed by atoms with E-state index in [2.05, 4.69) is 53.5 Å². The number of ketones is 1. The van der Waals surface area contributed by atoms with Gasteiger partial charge in [0, 0.05) is 22.7 Å². The van der Waals surface area contributed by atoms with Crippen molar-refractivity contribution >= 4 is 29.1 Å². The van der Waals surface area contributed by atoms with Crippen LogP contribution in [0.5, 0.6) is 0 Å². The summed E-state index contributed by atoms with van der Waals surface area (Å²) in [6.45, 7) is 2.14. The smallest absolute Gasteiger partial charge is 0.196 e. The van der Waals surface area contributed by atoms with Gasteiger partial charge < -0.3 is 0 Å². The van der Waals surface area contributed by atoms with E-state index < -0.39 is 0 Å². The van der Waals surface area contributed by atoms with E-state index in [1.54, 1.807) is 24.3 Å². The Morgan fingerprint density at radius 2 is 1.61 bits per heavy atom. The molecule has 6 heteroatoms. The summed E-state index contributed by atoms with van der Waals surface area (Å²) < 4.78 is 2.05. The van der Waals surface area contributed by atoms with E-state index in [0.29, 0.717) is 22.2 Å². The molecule has 156 valence electrons. The number of hydrogen-bond donors (Lipinski definition) is 0. The van der Waals surface area contributed by atoms with E-state index >= 15 is 0 Å². The number of aryl methyl sites for hydroxylation is 1. The highest BCUT2D eigenvalue weighted by molar-refractivity contribution is 7.99. The van der Waals surface area contributed by atoms with Crippen LogP contribution in [-0.2, 0) is 12.8 Å². The maximum atomic E-state index is 12.6. The Balaban J connectivity index is 1.61. The van der Waals surface area contributed by atoms with Crippen LogP contribution in [0.3, 0.4) is 0 Å². The van der Waals surface area contributed by atoms with Gasteiger partial charge in [0.05, 0.1) is 5.75 Å². The van der Waals surface area contributed by atoms with Gasteiger partial charge in [-0.2, -0.15) is 0 Å². The minimum Gasteiger partial charge on any atom is -0.293 e. The first kappa shape index (κ1) is 21.3. The molecule has 0 radical (unpaired) electrons. The van der Waals surface area contributed by atoms with Crippen molar-refractivity contribution in [1.29, 1.82) is 0 Å². The molecule has 0 atom stereocenters. The summed E-state index contributed by atoms with van der Waals surface area (Å²) in [6, 6.07) is 25.6. The quantitative estimate of drug-likeness (QED) is 0.243. The molecule has 3 aromatic carbocycles. The molecule has 0 spiro atoms. The largest absolute Gasteiger partial charge is 0.293 e. The molecule has 0 fully saturated rings. The molecule has 4 rings (SSSR count). The Hall–Kier alpha value is -2.89. The van der Waals surface area contributed by atoms with Gasteiger partial charge in [0.2, 0.25) is 0 Å². The van der Waals surface area contributed by atoms with Crippen molar-refractivity contribution < 1.29 is 4.79 Å². The minimum absolute atomic E-state index is 0.0298. The van der Waals surface area contributed by atoms with E-state index in [0.717, 1.165) is 23.5 Å². The number of benzene rings is 3. The fourth-order valence-corrected chi connectivity index (χ4v) is 4.27. The van der Waals surface area contributed by atoms with E-state index in [4.69, 9.17) is 11.6 Å². The molecule has 31 heavy (non-hydrogen) atoms. The number of carbonyl (C=O) groups excluding carboxylic acids is 1. The van der Waals surface area contributed by atoms with Crippen LogP contribution in [0.2, 0.25) is 5.02 Å². The van der Waals surface area contributed by atoms with Gasteiger partial charge in [-0.15, -0.1) is 10.2 Å². The zero-order valence-corrected chi connectivity index (χ0v) is 18.7. The Labute approximate surface area is 191 Å². The Kier molecular flexibility index (Phi) is 6.85. The van der Waals surface area contributed by atoms with Crippen molar-refractivity contribution in [1.82, 2.24) is 14.8 Å². The van der Waals surface area contributed by atoms with Crippen molar-refractivity contribution in [2.24, 2.45) is 0 Å². The van der Waals surface area contributed by atoms with Gasteiger partial charge in [-0.1, -0.05) is 72.8 Å². The molecular weight excluding hydrogens is 426 g/mol. The predicted molar refractivity (Wildman–Crippen MR) is 126 cm³/mol. The summed E-state index contributed by atoms with van der Waals surface area (Å²) in [5.74, 6) is 1.15. The average Bonchev–Trinajstić information content (AvgIpc) is 3.21. The molecule has 0 N–H and O–H groups in total. The van der Waals surface area contributed by atoms with Crippen LogP contribution in [0.25, 0.3) is 5.69 Å². The highest BCUT2D eigenvalue weighted by atomic mass is 35.5. The van der Waals surface area contributed by atoms with Gasteiger partial charge in [-0.3, -0.25) is 9.36 Å². The lowest BCUT2D eigenvalue weighted by Crippen LogP contribution is -2.06. The van der Waals surface area contributed by atoms with Crippen molar-refractivity contribution in [3.05, 3.63) is 106 Å². The monoisotopic (exact) mass is 447 g/mol. The van der Waals surface area contributed by atoms with Gasteiger partial charge in [-0.05, 0) is 53.9 Å². The number of carbonyl (C=O) groups is 1. The van der Waals surface area contributed by atoms with Crippen molar-refractivity contribution in [3.63, 3.8) is 0 Å². The third-order valence-corrected chi connectivity index (χ3v) is 6.19. The number of Topliss-reactive ketones (excluding diaryl/α,β-unsaturated/α-hetero) is 1. The fraction of sp³-hybridized carbons (Fsp3) is 0.160. The molecule has 0 saturated heterocycles. The molecule has 0 saturated carbocycles. The summed E-state index contributed by atoms with van der Waals surface area (Å²) in [6.07, 6.45) is 1.64. The van der Waals surface area contributed by atoms with Crippen LogP contribution in [0.15, 0.2) is 84.0 Å². The average molecular weight is 448 g/mol. The number of hydrogen-bond acceptors (Lipinski definition) is 4. The van der Waals surface area contributed by atoms with Gasteiger partial charge in [0.1, 0.15) is 5.82 Å². The minimum atomic E-state index is 0.0298. The Morgan fingerprint density at radius 1 is 0.903 bits per heavy atom. The number of thioether (sulfide) groups is 1. The summed E-state index contributed by atoms with van der Waals surface area (Å²) in [7, 11) is 0. The normalized spacial score (nSPS) is 10.9. The molecule has 4 nitrogen and oxygen atoms in total. The maximum absolute atomic E-state index is 12.6. The third kappa shape index (κ3) is 5.24. The first-order valence-electron chi connectivity index (χ1n) is 10.1. The van der Waals surface area contributed by atoms with Gasteiger partial charge in [0.15, 0.2) is 10.9 Å². The van der Waals surface area contributed by atoms with Crippen LogP contribution in [0.1, 0.15) is 34.2 Å². The second-order valence-electron chi connectivity index (χ2n) is 7.14. The second-order valence-corrected chi connectivity index (χ2v) is 8.51. The second kappa shape index (κ2) is 9.94. The first-order chi connectivity index (χ1) is 15.1. The maximum Gasteiger partial charge on any atom is 0.196 e. The summed E-state index contributed by atoms with van der Waals surface area (Å²) >= 11 is 7.33. The van der Waals surface area contributed by atoms with Gasteiger partial charge in [-0.25, -0.2) is 0 Å². The zero-order chi connectivity index (χ0) is 21.6. The third-order valence-electron chi connectivity index (χ3n) is 5.01. The fourth-order valence-electron chi connectivity index (χ4n) is 3.28. The molecule has 0 amide bonds.